The summed E-state index contributed by atoms with van der Waals surface area (Å²) in [5.74, 6) is 2.93. The molecule has 2 aliphatic rings. The molecule has 94 valence electrons. The van der Waals surface area contributed by atoms with Crippen LogP contribution < -0.4 is 5.32 Å². The van der Waals surface area contributed by atoms with Crippen LogP contribution in [0.1, 0.15) is 36.9 Å². The van der Waals surface area contributed by atoms with Gasteiger partial charge in [0, 0.05) is 24.3 Å². The van der Waals surface area contributed by atoms with E-state index >= 15 is 0 Å². The van der Waals surface area contributed by atoms with E-state index in [1.54, 1.807) is 0 Å². The predicted octanol–water partition coefficient (Wildman–Crippen LogP) is 2.35. The third kappa shape index (κ3) is 2.01. The molecule has 3 heteroatoms. The van der Waals surface area contributed by atoms with Crippen molar-refractivity contribution in [2.45, 2.75) is 45.7 Å². The number of nitrogens with one attached hydrogen (secondary N) is 1. The van der Waals surface area contributed by atoms with Crippen molar-refractivity contribution in [2.24, 2.45) is 17.8 Å². The molecule has 3 rings (SSSR count). The molecule has 1 aromatic rings. The van der Waals surface area contributed by atoms with Gasteiger partial charge in [0.25, 0.3) is 0 Å². The van der Waals surface area contributed by atoms with E-state index in [4.69, 9.17) is 0 Å². The lowest BCUT2D eigenvalue weighted by molar-refractivity contribution is 0.283. The summed E-state index contributed by atoms with van der Waals surface area (Å²) >= 11 is 0. The van der Waals surface area contributed by atoms with Crippen molar-refractivity contribution in [3.8, 4) is 0 Å². The minimum absolute atomic E-state index is 0.898. The summed E-state index contributed by atoms with van der Waals surface area (Å²) in [4.78, 5) is 0. The van der Waals surface area contributed by atoms with Gasteiger partial charge in [0.2, 0.25) is 0 Å². The first-order valence-corrected chi connectivity index (χ1v) is 6.93. The Balaban J connectivity index is 1.69. The van der Waals surface area contributed by atoms with Gasteiger partial charge in [-0.2, -0.15) is 5.10 Å². The van der Waals surface area contributed by atoms with E-state index in [-0.39, 0.29) is 0 Å². The predicted molar refractivity (Wildman–Crippen MR) is 68.7 cm³/mol. The highest BCUT2D eigenvalue weighted by atomic mass is 15.3. The molecular formula is C14H23N3. The molecular weight excluding hydrogens is 210 g/mol. The monoisotopic (exact) mass is 233 g/mol. The first-order valence-electron chi connectivity index (χ1n) is 6.93. The molecule has 0 aliphatic heterocycles. The van der Waals surface area contributed by atoms with Crippen LogP contribution in [0, 0.1) is 24.7 Å². The van der Waals surface area contributed by atoms with Crippen LogP contribution in [0.25, 0.3) is 0 Å². The molecule has 3 unspecified atom stereocenters. The lowest BCUT2D eigenvalue weighted by Gasteiger charge is -2.22. The number of rotatable bonds is 4. The fraction of sp³-hybridized carbons (Fsp3) is 0.786. The molecule has 17 heavy (non-hydrogen) atoms. The standard InChI is InChI=1S/C14H23N3/c1-10-14(7-15-2)8-16-17(10)9-13-6-11-3-4-12(13)5-11/h8,11-13,15H,3-7,9H2,1-2H3. The summed E-state index contributed by atoms with van der Waals surface area (Å²) in [7, 11) is 1.99. The van der Waals surface area contributed by atoms with Gasteiger partial charge in [-0.05, 0) is 51.0 Å². The third-order valence-electron chi connectivity index (χ3n) is 4.86. The van der Waals surface area contributed by atoms with E-state index in [0.29, 0.717) is 0 Å². The van der Waals surface area contributed by atoms with Crippen molar-refractivity contribution >= 4 is 0 Å². The first kappa shape index (κ1) is 11.3. The summed E-state index contributed by atoms with van der Waals surface area (Å²) in [5, 5.41) is 7.76. The van der Waals surface area contributed by atoms with E-state index in [1.807, 2.05) is 13.2 Å². The fourth-order valence-electron chi connectivity index (χ4n) is 3.86. The minimum Gasteiger partial charge on any atom is -0.316 e. The van der Waals surface area contributed by atoms with Gasteiger partial charge < -0.3 is 5.32 Å². The topological polar surface area (TPSA) is 29.9 Å². The molecule has 0 amide bonds. The van der Waals surface area contributed by atoms with Gasteiger partial charge >= 0.3 is 0 Å². The number of nitrogens with zero attached hydrogens (tertiary/aromatic N) is 2. The van der Waals surface area contributed by atoms with E-state index in [9.17, 15) is 0 Å². The molecule has 0 radical (unpaired) electrons. The van der Waals surface area contributed by atoms with Crippen LogP contribution in [-0.4, -0.2) is 16.8 Å². The second-order valence-electron chi connectivity index (χ2n) is 5.90. The smallest absolute Gasteiger partial charge is 0.0537 e. The Morgan fingerprint density at radius 3 is 2.94 bits per heavy atom. The highest BCUT2D eigenvalue weighted by molar-refractivity contribution is 5.15. The first-order chi connectivity index (χ1) is 8.28. The Labute approximate surface area is 104 Å². The normalized spacial score (nSPS) is 31.3. The van der Waals surface area contributed by atoms with Crippen molar-refractivity contribution in [3.63, 3.8) is 0 Å². The summed E-state index contributed by atoms with van der Waals surface area (Å²) in [6.45, 7) is 4.28. The molecule has 0 saturated heterocycles. The quantitative estimate of drug-likeness (QED) is 0.865. The number of hydrogen-bond donors (Lipinski definition) is 1. The third-order valence-corrected chi connectivity index (χ3v) is 4.86. The molecule has 1 aromatic heterocycles. The van der Waals surface area contributed by atoms with Crippen LogP contribution in [0.2, 0.25) is 0 Å². The molecule has 3 atom stereocenters. The Morgan fingerprint density at radius 2 is 2.29 bits per heavy atom. The molecule has 2 fully saturated rings. The van der Waals surface area contributed by atoms with Crippen molar-refractivity contribution < 1.29 is 0 Å². The van der Waals surface area contributed by atoms with Crippen molar-refractivity contribution in [1.82, 2.24) is 15.1 Å². The van der Waals surface area contributed by atoms with Gasteiger partial charge in [0.05, 0.1) is 6.20 Å². The second kappa shape index (κ2) is 4.45. The number of hydrogen-bond acceptors (Lipinski definition) is 2. The van der Waals surface area contributed by atoms with Crippen LogP contribution in [0.5, 0.6) is 0 Å². The molecule has 2 bridgehead atoms. The van der Waals surface area contributed by atoms with Gasteiger partial charge in [-0.15, -0.1) is 0 Å². The molecule has 2 saturated carbocycles. The minimum atomic E-state index is 0.898. The SMILES string of the molecule is CNCc1cnn(CC2CC3CCC2C3)c1C. The Bertz CT molecular complexity index is 396. The van der Waals surface area contributed by atoms with E-state index in [1.165, 1.54) is 36.9 Å². The maximum Gasteiger partial charge on any atom is 0.0537 e. The highest BCUT2D eigenvalue weighted by Crippen LogP contribution is 2.48. The molecule has 1 heterocycles. The Kier molecular flexibility index (Phi) is 2.95. The maximum atomic E-state index is 4.56. The van der Waals surface area contributed by atoms with Gasteiger partial charge in [-0.25, -0.2) is 0 Å². The zero-order valence-electron chi connectivity index (χ0n) is 10.9. The average molecular weight is 233 g/mol. The van der Waals surface area contributed by atoms with Crippen molar-refractivity contribution in [2.75, 3.05) is 7.05 Å². The van der Waals surface area contributed by atoms with E-state index < -0.39 is 0 Å². The number of aromatic nitrogens is 2. The van der Waals surface area contributed by atoms with Crippen LogP contribution in [0.3, 0.4) is 0 Å². The zero-order valence-corrected chi connectivity index (χ0v) is 10.9. The van der Waals surface area contributed by atoms with Gasteiger partial charge in [0.1, 0.15) is 0 Å². The van der Waals surface area contributed by atoms with Gasteiger partial charge in [-0.3, -0.25) is 4.68 Å². The summed E-state index contributed by atoms with van der Waals surface area (Å²) in [5.41, 5.74) is 2.69. The van der Waals surface area contributed by atoms with Crippen molar-refractivity contribution in [1.29, 1.82) is 0 Å². The van der Waals surface area contributed by atoms with E-state index in [0.717, 1.165) is 30.8 Å². The maximum absolute atomic E-state index is 4.56. The van der Waals surface area contributed by atoms with Gasteiger partial charge in [0.15, 0.2) is 0 Å². The second-order valence-corrected chi connectivity index (χ2v) is 5.90. The zero-order chi connectivity index (χ0) is 11.8. The highest BCUT2D eigenvalue weighted by Gasteiger charge is 2.39. The molecule has 2 aliphatic carbocycles. The van der Waals surface area contributed by atoms with Gasteiger partial charge in [-0.1, -0.05) is 6.42 Å². The Hall–Kier alpha value is -0.830. The van der Waals surface area contributed by atoms with Crippen LogP contribution in [-0.2, 0) is 13.1 Å². The summed E-state index contributed by atoms with van der Waals surface area (Å²) in [6, 6.07) is 0. The lowest BCUT2D eigenvalue weighted by Crippen LogP contribution is -2.19. The van der Waals surface area contributed by atoms with Crippen molar-refractivity contribution in [3.05, 3.63) is 17.5 Å². The van der Waals surface area contributed by atoms with Crippen LogP contribution in [0.15, 0.2) is 6.20 Å². The molecule has 0 aromatic carbocycles. The van der Waals surface area contributed by atoms with Crippen LogP contribution >= 0.6 is 0 Å². The van der Waals surface area contributed by atoms with E-state index in [2.05, 4.69) is 22.0 Å². The lowest BCUT2D eigenvalue weighted by atomic mass is 9.89. The molecule has 1 N–H and O–H groups in total. The fourth-order valence-corrected chi connectivity index (χ4v) is 3.86. The summed E-state index contributed by atoms with van der Waals surface area (Å²) < 4.78 is 2.23. The van der Waals surface area contributed by atoms with Crippen LogP contribution in [0.4, 0.5) is 0 Å². The average Bonchev–Trinajstić information content (AvgIpc) is 3.00. The molecule has 0 spiro atoms. The molecule has 3 nitrogen and oxygen atoms in total. The largest absolute Gasteiger partial charge is 0.316 e. The Morgan fingerprint density at radius 1 is 1.41 bits per heavy atom. The summed E-state index contributed by atoms with van der Waals surface area (Å²) in [6.07, 6.45) is 7.93. The number of fused-ring (bicyclic) bond motifs is 2.